The molecule has 0 aliphatic rings. The van der Waals surface area contributed by atoms with E-state index in [0.717, 1.165) is 19.3 Å². The van der Waals surface area contributed by atoms with E-state index >= 15 is 0 Å². The van der Waals surface area contributed by atoms with E-state index in [0.29, 0.717) is 0 Å². The number of phosphoric ester groups is 1. The molecule has 0 saturated heterocycles. The van der Waals surface area contributed by atoms with E-state index in [-0.39, 0.29) is 33.0 Å². The molecule has 9 nitrogen and oxygen atoms in total. The number of hydrogen-bond donors (Lipinski definition) is 5. The number of aliphatic hydroxyl groups excluding tert-OH is 2. The van der Waals surface area contributed by atoms with Crippen molar-refractivity contribution in [3.63, 3.8) is 0 Å². The van der Waals surface area contributed by atoms with Gasteiger partial charge < -0.3 is 20.0 Å². The first-order valence-electron chi connectivity index (χ1n) is 9.88. The van der Waals surface area contributed by atoms with Gasteiger partial charge in [-0.05, 0) is 6.42 Å². The van der Waals surface area contributed by atoms with Gasteiger partial charge in [-0.3, -0.25) is 14.2 Å². The van der Waals surface area contributed by atoms with Crippen LogP contribution in [-0.2, 0) is 18.8 Å². The van der Waals surface area contributed by atoms with Crippen LogP contribution in [0.2, 0.25) is 0 Å². The van der Waals surface area contributed by atoms with Gasteiger partial charge in [-0.15, -0.1) is 0 Å². The minimum absolute atomic E-state index is 0.0600. The molecule has 0 amide bonds. The summed E-state index contributed by atoms with van der Waals surface area (Å²) in [4.78, 5) is 25.8. The average Bonchev–Trinajstić information content (AvgIpc) is 2.62. The predicted molar refractivity (Wildman–Crippen MR) is 104 cm³/mol. The maximum Gasteiger partial charge on any atom is 0.469 e. The average molecular weight is 417 g/mol. The van der Waals surface area contributed by atoms with Crippen LogP contribution in [0, 0.1) is 0 Å². The van der Waals surface area contributed by atoms with Gasteiger partial charge in [0.2, 0.25) is 0 Å². The zero-order valence-electron chi connectivity index (χ0n) is 16.7. The molecule has 10 heteroatoms. The molecule has 166 valence electrons. The maximum atomic E-state index is 10.4. The third kappa shape index (κ3) is 33.9. The molecule has 0 saturated carbocycles. The van der Waals surface area contributed by atoms with Crippen LogP contribution in [0.1, 0.15) is 77.6 Å². The molecule has 0 spiro atoms. The molecule has 5 N–H and O–H groups in total. The summed E-state index contributed by atoms with van der Waals surface area (Å²) >= 11 is 0. The summed E-state index contributed by atoms with van der Waals surface area (Å²) in [6, 6.07) is 0. The van der Waals surface area contributed by atoms with Crippen molar-refractivity contribution in [3.8, 4) is 0 Å². The number of hydrogen-bond acceptors (Lipinski definition) is 7. The van der Waals surface area contributed by atoms with Gasteiger partial charge in [0.1, 0.15) is 0 Å². The molecule has 0 rings (SSSR count). The van der Waals surface area contributed by atoms with Crippen LogP contribution in [0.25, 0.3) is 0 Å². The van der Waals surface area contributed by atoms with Gasteiger partial charge in [-0.1, -0.05) is 76.8 Å². The van der Waals surface area contributed by atoms with Crippen molar-refractivity contribution in [2.24, 2.45) is 0 Å². The first-order chi connectivity index (χ1) is 13.0. The third-order valence-electron chi connectivity index (χ3n) is 3.51. The van der Waals surface area contributed by atoms with Gasteiger partial charge in [0, 0.05) is 0 Å². The Morgan fingerprint density at radius 1 is 0.704 bits per heavy atom. The van der Waals surface area contributed by atoms with Crippen molar-refractivity contribution >= 4 is 7.82 Å². The zero-order chi connectivity index (χ0) is 20.6. The van der Waals surface area contributed by atoms with Crippen LogP contribution in [0.15, 0.2) is 0 Å². The largest absolute Gasteiger partial charge is 0.469 e. The number of phosphoric acid groups is 1. The quantitative estimate of drug-likeness (QED) is 0.122. The smallest absolute Gasteiger partial charge is 0.394 e. The standard InChI is InChI=1S/C13H29O4P.C4H11NO4/c1-2-3-4-5-6-7-8-9-10-11-12-13-17-18(14,15)16;6-1-3-8-5-9-4-2-7/h2-13H2,1H3,(H2,14,15,16);5-7H,1-4H2. The highest BCUT2D eigenvalue weighted by Crippen LogP contribution is 2.35. The molecule has 0 radical (unpaired) electrons. The fourth-order valence-corrected chi connectivity index (χ4v) is 2.53. The highest BCUT2D eigenvalue weighted by molar-refractivity contribution is 7.46. The second-order valence-corrected chi connectivity index (χ2v) is 7.33. The van der Waals surface area contributed by atoms with Gasteiger partial charge in [0.25, 0.3) is 0 Å². The normalized spacial score (nSPS) is 11.3. The maximum absolute atomic E-state index is 10.4. The molecule has 0 heterocycles. The highest BCUT2D eigenvalue weighted by atomic mass is 31.2. The summed E-state index contributed by atoms with van der Waals surface area (Å²) < 4.78 is 14.8. The summed E-state index contributed by atoms with van der Waals surface area (Å²) in [7, 11) is -4.25. The van der Waals surface area contributed by atoms with Crippen LogP contribution in [0.5, 0.6) is 0 Å². The Hall–Kier alpha value is -0.0900. The molecule has 0 aromatic rings. The Labute approximate surface area is 163 Å². The van der Waals surface area contributed by atoms with Crippen LogP contribution < -0.4 is 5.64 Å². The van der Waals surface area contributed by atoms with Crippen LogP contribution in [-0.4, -0.2) is 53.0 Å². The molecular weight excluding hydrogens is 377 g/mol. The van der Waals surface area contributed by atoms with E-state index in [1.807, 2.05) is 0 Å². The summed E-state index contributed by atoms with van der Waals surface area (Å²) in [5.74, 6) is 0. The van der Waals surface area contributed by atoms with E-state index in [2.05, 4.69) is 26.8 Å². The van der Waals surface area contributed by atoms with E-state index in [4.69, 9.17) is 20.0 Å². The summed E-state index contributed by atoms with van der Waals surface area (Å²) in [5.41, 5.74) is 2.07. The second-order valence-electron chi connectivity index (χ2n) is 6.09. The second kappa shape index (κ2) is 23.9. The predicted octanol–water partition coefficient (Wildman–Crippen LogP) is 2.83. The zero-order valence-corrected chi connectivity index (χ0v) is 17.6. The molecular formula is C17H40NO8P. The summed E-state index contributed by atoms with van der Waals surface area (Å²) in [6.07, 6.45) is 13.5. The Kier molecular flexibility index (Phi) is 25.8. The third-order valence-corrected chi connectivity index (χ3v) is 4.03. The van der Waals surface area contributed by atoms with Crippen LogP contribution in [0.3, 0.4) is 0 Å². The molecule has 0 aliphatic carbocycles. The summed E-state index contributed by atoms with van der Waals surface area (Å²) in [5, 5.41) is 16.3. The van der Waals surface area contributed by atoms with Gasteiger partial charge in [-0.2, -0.15) is 0 Å². The Morgan fingerprint density at radius 2 is 1.11 bits per heavy atom. The van der Waals surface area contributed by atoms with Gasteiger partial charge >= 0.3 is 7.82 Å². The lowest BCUT2D eigenvalue weighted by Crippen LogP contribution is -2.19. The van der Waals surface area contributed by atoms with Gasteiger partial charge in [0.05, 0.1) is 33.0 Å². The van der Waals surface area contributed by atoms with Crippen LogP contribution >= 0.6 is 7.82 Å². The van der Waals surface area contributed by atoms with Crippen molar-refractivity contribution < 1.29 is 38.8 Å². The van der Waals surface area contributed by atoms with Crippen molar-refractivity contribution in [2.45, 2.75) is 77.6 Å². The molecule has 0 bridgehead atoms. The van der Waals surface area contributed by atoms with E-state index < -0.39 is 7.82 Å². The summed E-state index contributed by atoms with van der Waals surface area (Å²) in [6.45, 7) is 2.62. The number of aliphatic hydroxyl groups is 2. The van der Waals surface area contributed by atoms with Crippen molar-refractivity contribution in [3.05, 3.63) is 0 Å². The fourth-order valence-electron chi connectivity index (χ4n) is 2.17. The molecule has 0 aromatic heterocycles. The van der Waals surface area contributed by atoms with E-state index in [9.17, 15) is 4.57 Å². The van der Waals surface area contributed by atoms with Gasteiger partial charge in [-0.25, -0.2) is 4.57 Å². The highest BCUT2D eigenvalue weighted by Gasteiger charge is 2.12. The van der Waals surface area contributed by atoms with Gasteiger partial charge in [0.15, 0.2) is 0 Å². The number of nitrogens with one attached hydrogen (secondary N) is 1. The topological polar surface area (TPSA) is 138 Å². The van der Waals surface area contributed by atoms with Crippen molar-refractivity contribution in [1.29, 1.82) is 0 Å². The fraction of sp³-hybridized carbons (Fsp3) is 1.00. The lowest BCUT2D eigenvalue weighted by Gasteiger charge is -2.05. The molecule has 27 heavy (non-hydrogen) atoms. The molecule has 0 fully saturated rings. The minimum atomic E-state index is -4.25. The SMILES string of the molecule is CCCCCCCCCCCCCOP(=O)(O)O.OCCONOCCO. The number of rotatable bonds is 19. The Balaban J connectivity index is 0. The molecule has 0 atom stereocenters. The molecule has 0 aliphatic heterocycles. The first kappa shape index (κ1) is 29.1. The Bertz CT molecular complexity index is 311. The molecule has 0 unspecified atom stereocenters. The lowest BCUT2D eigenvalue weighted by atomic mass is 10.1. The first-order valence-corrected chi connectivity index (χ1v) is 11.4. The molecule has 0 aromatic carbocycles. The number of unbranched alkanes of at least 4 members (excludes halogenated alkanes) is 10. The van der Waals surface area contributed by atoms with E-state index in [1.165, 1.54) is 51.4 Å². The Morgan fingerprint density at radius 3 is 1.48 bits per heavy atom. The van der Waals surface area contributed by atoms with E-state index in [1.54, 1.807) is 0 Å². The minimum Gasteiger partial charge on any atom is -0.394 e. The van der Waals surface area contributed by atoms with Crippen LogP contribution in [0.4, 0.5) is 0 Å². The van der Waals surface area contributed by atoms with Crippen molar-refractivity contribution in [2.75, 3.05) is 33.0 Å². The monoisotopic (exact) mass is 417 g/mol. The lowest BCUT2D eigenvalue weighted by molar-refractivity contribution is -0.178. The van der Waals surface area contributed by atoms with Crippen molar-refractivity contribution in [1.82, 2.24) is 5.64 Å².